The summed E-state index contributed by atoms with van der Waals surface area (Å²) in [6, 6.07) is 5.64. The number of aromatic nitrogens is 2. The van der Waals surface area contributed by atoms with E-state index in [1.54, 1.807) is 11.8 Å². The molecule has 6 heteroatoms. The minimum Gasteiger partial charge on any atom is -0.294 e. The lowest BCUT2D eigenvalue weighted by Gasteiger charge is -2.28. The van der Waals surface area contributed by atoms with Gasteiger partial charge in [-0.2, -0.15) is 0 Å². The van der Waals surface area contributed by atoms with Crippen molar-refractivity contribution in [2.24, 2.45) is 0 Å². The number of thioether (sulfide) groups is 1. The first-order valence-corrected chi connectivity index (χ1v) is 8.69. The van der Waals surface area contributed by atoms with Crippen LogP contribution < -0.4 is 0 Å². The highest BCUT2D eigenvalue weighted by Crippen LogP contribution is 2.28. The SMILES string of the molecule is CSc1ncc2c(n1)CCN(Cc1c(Cl)cccc1Cl)C2. The van der Waals surface area contributed by atoms with E-state index in [1.807, 2.05) is 30.7 Å². The number of hydrogen-bond donors (Lipinski definition) is 0. The van der Waals surface area contributed by atoms with Crippen LogP contribution in [-0.2, 0) is 19.5 Å². The number of benzene rings is 1. The zero-order valence-electron chi connectivity index (χ0n) is 11.6. The Labute approximate surface area is 138 Å². The number of rotatable bonds is 3. The van der Waals surface area contributed by atoms with Gasteiger partial charge in [0.25, 0.3) is 0 Å². The van der Waals surface area contributed by atoms with E-state index in [4.69, 9.17) is 23.2 Å². The van der Waals surface area contributed by atoms with Crippen molar-refractivity contribution in [2.45, 2.75) is 24.7 Å². The van der Waals surface area contributed by atoms with Gasteiger partial charge in [0, 0.05) is 53.4 Å². The summed E-state index contributed by atoms with van der Waals surface area (Å²) in [7, 11) is 0. The molecule has 0 spiro atoms. The van der Waals surface area contributed by atoms with Crippen molar-refractivity contribution in [1.82, 2.24) is 14.9 Å². The second-order valence-corrected chi connectivity index (χ2v) is 6.58. The van der Waals surface area contributed by atoms with Crippen LogP contribution in [0.25, 0.3) is 0 Å². The van der Waals surface area contributed by atoms with Gasteiger partial charge in [-0.1, -0.05) is 41.0 Å². The van der Waals surface area contributed by atoms with E-state index >= 15 is 0 Å². The fraction of sp³-hybridized carbons (Fsp3) is 0.333. The Balaban J connectivity index is 1.77. The van der Waals surface area contributed by atoms with Gasteiger partial charge in [-0.3, -0.25) is 4.90 Å². The van der Waals surface area contributed by atoms with E-state index in [1.165, 1.54) is 5.56 Å². The van der Waals surface area contributed by atoms with E-state index in [9.17, 15) is 0 Å². The molecule has 0 amide bonds. The van der Waals surface area contributed by atoms with Crippen LogP contribution in [0.3, 0.4) is 0 Å². The maximum Gasteiger partial charge on any atom is 0.187 e. The third kappa shape index (κ3) is 3.34. The van der Waals surface area contributed by atoms with Crippen molar-refractivity contribution in [3.63, 3.8) is 0 Å². The predicted octanol–water partition coefficient (Wildman–Crippen LogP) is 4.06. The summed E-state index contributed by atoms with van der Waals surface area (Å²) in [6.45, 7) is 2.55. The number of hydrogen-bond acceptors (Lipinski definition) is 4. The number of nitrogens with zero attached hydrogens (tertiary/aromatic N) is 3. The lowest BCUT2D eigenvalue weighted by molar-refractivity contribution is 0.242. The van der Waals surface area contributed by atoms with E-state index < -0.39 is 0 Å². The van der Waals surface area contributed by atoms with Crippen LogP contribution in [0.15, 0.2) is 29.6 Å². The van der Waals surface area contributed by atoms with Crippen molar-refractivity contribution in [3.8, 4) is 0 Å². The maximum atomic E-state index is 6.25. The smallest absolute Gasteiger partial charge is 0.187 e. The molecule has 0 fully saturated rings. The molecule has 21 heavy (non-hydrogen) atoms. The zero-order chi connectivity index (χ0) is 14.8. The third-order valence-electron chi connectivity index (χ3n) is 3.62. The lowest BCUT2D eigenvalue weighted by atomic mass is 10.1. The Morgan fingerprint density at radius 3 is 2.76 bits per heavy atom. The first-order valence-electron chi connectivity index (χ1n) is 6.71. The van der Waals surface area contributed by atoms with Crippen LogP contribution in [0.1, 0.15) is 16.8 Å². The van der Waals surface area contributed by atoms with Crippen molar-refractivity contribution < 1.29 is 0 Å². The van der Waals surface area contributed by atoms with E-state index in [0.717, 1.165) is 52.5 Å². The second-order valence-electron chi connectivity index (χ2n) is 4.99. The Morgan fingerprint density at radius 1 is 1.29 bits per heavy atom. The van der Waals surface area contributed by atoms with Crippen LogP contribution >= 0.6 is 35.0 Å². The van der Waals surface area contributed by atoms with E-state index in [-0.39, 0.29) is 0 Å². The first-order chi connectivity index (χ1) is 10.2. The Bertz CT molecular complexity index is 643. The summed E-state index contributed by atoms with van der Waals surface area (Å²) in [4.78, 5) is 11.3. The fourth-order valence-electron chi connectivity index (χ4n) is 2.50. The molecule has 0 saturated heterocycles. The van der Waals surface area contributed by atoms with Crippen molar-refractivity contribution >= 4 is 35.0 Å². The molecule has 0 radical (unpaired) electrons. The summed E-state index contributed by atoms with van der Waals surface area (Å²) in [5.41, 5.74) is 3.35. The fourth-order valence-corrected chi connectivity index (χ4v) is 3.37. The molecule has 0 unspecified atom stereocenters. The summed E-state index contributed by atoms with van der Waals surface area (Å²) >= 11 is 14.1. The quantitative estimate of drug-likeness (QED) is 0.622. The molecule has 110 valence electrons. The molecule has 0 aliphatic carbocycles. The van der Waals surface area contributed by atoms with Gasteiger partial charge in [0.2, 0.25) is 0 Å². The van der Waals surface area contributed by atoms with Crippen LogP contribution in [-0.4, -0.2) is 27.7 Å². The molecule has 1 aliphatic heterocycles. The van der Waals surface area contributed by atoms with Gasteiger partial charge >= 0.3 is 0 Å². The maximum absolute atomic E-state index is 6.25. The van der Waals surface area contributed by atoms with Gasteiger partial charge in [-0.05, 0) is 18.4 Å². The monoisotopic (exact) mass is 339 g/mol. The molecule has 2 heterocycles. The summed E-state index contributed by atoms with van der Waals surface area (Å²) in [5.74, 6) is 0. The molecule has 2 aromatic rings. The summed E-state index contributed by atoms with van der Waals surface area (Å²) < 4.78 is 0. The van der Waals surface area contributed by atoms with Crippen LogP contribution in [0.5, 0.6) is 0 Å². The lowest BCUT2D eigenvalue weighted by Crippen LogP contribution is -2.31. The molecule has 0 atom stereocenters. The first kappa shape index (κ1) is 15.1. The molecule has 0 saturated carbocycles. The third-order valence-corrected chi connectivity index (χ3v) is 4.89. The van der Waals surface area contributed by atoms with Gasteiger partial charge in [0.05, 0.1) is 5.69 Å². The van der Waals surface area contributed by atoms with E-state index in [0.29, 0.717) is 0 Å². The van der Waals surface area contributed by atoms with Gasteiger partial charge in [-0.15, -0.1) is 0 Å². The minimum absolute atomic E-state index is 0.724. The molecule has 1 aliphatic rings. The molecule has 1 aromatic heterocycles. The predicted molar refractivity (Wildman–Crippen MR) is 88.1 cm³/mol. The average molecular weight is 340 g/mol. The highest BCUT2D eigenvalue weighted by Gasteiger charge is 2.20. The van der Waals surface area contributed by atoms with Crippen LogP contribution in [0, 0.1) is 0 Å². The zero-order valence-corrected chi connectivity index (χ0v) is 14.0. The van der Waals surface area contributed by atoms with Gasteiger partial charge < -0.3 is 0 Å². The van der Waals surface area contributed by atoms with Gasteiger partial charge in [0.15, 0.2) is 5.16 Å². The highest BCUT2D eigenvalue weighted by atomic mass is 35.5. The summed E-state index contributed by atoms with van der Waals surface area (Å²) in [6.07, 6.45) is 4.87. The second kappa shape index (κ2) is 6.53. The normalized spacial score (nSPS) is 15.0. The number of halogens is 2. The van der Waals surface area contributed by atoms with Crippen LogP contribution in [0.2, 0.25) is 10.0 Å². The summed E-state index contributed by atoms with van der Waals surface area (Å²) in [5, 5.41) is 2.29. The highest BCUT2D eigenvalue weighted by molar-refractivity contribution is 7.98. The largest absolute Gasteiger partial charge is 0.294 e. The molecule has 3 nitrogen and oxygen atoms in total. The Morgan fingerprint density at radius 2 is 2.05 bits per heavy atom. The molecule has 1 aromatic carbocycles. The average Bonchev–Trinajstić information content (AvgIpc) is 2.50. The topological polar surface area (TPSA) is 29.0 Å². The molecular formula is C15H15Cl2N3S. The minimum atomic E-state index is 0.724. The Hall–Kier alpha value is -0.810. The molecular weight excluding hydrogens is 325 g/mol. The van der Waals surface area contributed by atoms with Crippen molar-refractivity contribution in [1.29, 1.82) is 0 Å². The van der Waals surface area contributed by atoms with Crippen LogP contribution in [0.4, 0.5) is 0 Å². The van der Waals surface area contributed by atoms with Crippen molar-refractivity contribution in [3.05, 3.63) is 51.3 Å². The van der Waals surface area contributed by atoms with Crippen molar-refractivity contribution in [2.75, 3.05) is 12.8 Å². The Kier molecular flexibility index (Phi) is 4.69. The van der Waals surface area contributed by atoms with E-state index in [2.05, 4.69) is 14.9 Å². The molecule has 3 rings (SSSR count). The standard InChI is InChI=1S/C15H15Cl2N3S/c1-21-15-18-7-10-8-20(6-5-14(10)19-15)9-11-12(16)3-2-4-13(11)17/h2-4,7H,5-6,8-9H2,1H3. The van der Waals surface area contributed by atoms with Gasteiger partial charge in [-0.25, -0.2) is 9.97 Å². The number of fused-ring (bicyclic) bond motifs is 1. The van der Waals surface area contributed by atoms with Gasteiger partial charge in [0.1, 0.15) is 0 Å². The molecule has 0 bridgehead atoms. The molecule has 0 N–H and O–H groups in total.